The van der Waals surface area contributed by atoms with Crippen molar-refractivity contribution in [2.24, 2.45) is 0 Å². The molecule has 52 heavy (non-hydrogen) atoms. The molecule has 2 nitrogen and oxygen atoms in total. The van der Waals surface area contributed by atoms with Gasteiger partial charge in [-0.05, 0) is 98.1 Å². The minimum atomic E-state index is 0.848. The fourth-order valence-electron chi connectivity index (χ4n) is 7.46. The van der Waals surface area contributed by atoms with Gasteiger partial charge in [0.05, 0.1) is 11.2 Å². The van der Waals surface area contributed by atoms with Crippen LogP contribution in [-0.4, -0.2) is 10.8 Å². The van der Waals surface area contributed by atoms with E-state index in [4.69, 9.17) is 5.41 Å². The molecule has 1 N–H and O–H groups in total. The molecule has 0 aliphatic rings. The first-order valence-electron chi connectivity index (χ1n) is 17.6. The van der Waals surface area contributed by atoms with Crippen LogP contribution >= 0.6 is 0 Å². The van der Waals surface area contributed by atoms with Gasteiger partial charge in [0.15, 0.2) is 0 Å². The molecule has 1 heterocycles. The molecule has 0 spiro atoms. The van der Waals surface area contributed by atoms with Gasteiger partial charge in [-0.1, -0.05) is 164 Å². The Hall–Kier alpha value is -6.77. The van der Waals surface area contributed by atoms with Crippen molar-refractivity contribution in [3.63, 3.8) is 0 Å². The van der Waals surface area contributed by atoms with Crippen LogP contribution in [0.15, 0.2) is 189 Å². The van der Waals surface area contributed by atoms with Crippen LogP contribution in [0.3, 0.4) is 0 Å². The van der Waals surface area contributed by atoms with E-state index in [1.807, 2.05) is 12.1 Å². The summed E-state index contributed by atoms with van der Waals surface area (Å²) in [6.07, 6.45) is 3.32. The summed E-state index contributed by atoms with van der Waals surface area (Å²) in [6, 6.07) is 64.6. The number of benzene rings is 6. The van der Waals surface area contributed by atoms with Crippen molar-refractivity contribution in [2.45, 2.75) is 6.92 Å². The predicted octanol–water partition coefficient (Wildman–Crippen LogP) is 13.5. The SMILES string of the molecule is C=Cc1c(C=N)c2cc(-c3cccc(-c4ccccc4)c4ccccc4c(-c4ccccc4)c(C)c3)ccc2n1-c1ccc(-c2ccccc2)cc1. The van der Waals surface area contributed by atoms with Crippen molar-refractivity contribution < 1.29 is 0 Å². The molecule has 8 rings (SSSR count). The second-order valence-corrected chi connectivity index (χ2v) is 13.0. The lowest BCUT2D eigenvalue weighted by atomic mass is 9.92. The molecule has 0 bridgehead atoms. The third-order valence-electron chi connectivity index (χ3n) is 9.89. The van der Waals surface area contributed by atoms with Gasteiger partial charge in [0.1, 0.15) is 0 Å². The van der Waals surface area contributed by atoms with Gasteiger partial charge in [-0.15, -0.1) is 0 Å². The number of hydrogen-bond donors (Lipinski definition) is 1. The molecule has 7 aromatic carbocycles. The second kappa shape index (κ2) is 14.2. The van der Waals surface area contributed by atoms with Crippen molar-refractivity contribution in [2.75, 3.05) is 0 Å². The van der Waals surface area contributed by atoms with Crippen molar-refractivity contribution in [1.29, 1.82) is 5.41 Å². The van der Waals surface area contributed by atoms with Crippen LogP contribution in [0.25, 0.3) is 77.9 Å². The van der Waals surface area contributed by atoms with Crippen LogP contribution in [0.1, 0.15) is 16.8 Å². The van der Waals surface area contributed by atoms with Crippen molar-refractivity contribution >= 4 is 34.0 Å². The largest absolute Gasteiger partial charge is 0.309 e. The quantitative estimate of drug-likeness (QED) is 0.164. The minimum absolute atomic E-state index is 0.848. The Morgan fingerprint density at radius 1 is 0.481 bits per heavy atom. The summed E-state index contributed by atoms with van der Waals surface area (Å²) in [7, 11) is 0. The number of aromatic nitrogens is 1. The van der Waals surface area contributed by atoms with E-state index in [0.29, 0.717) is 0 Å². The maximum atomic E-state index is 8.52. The lowest BCUT2D eigenvalue weighted by Gasteiger charge is -2.13. The van der Waals surface area contributed by atoms with Crippen LogP contribution in [0.5, 0.6) is 0 Å². The monoisotopic (exact) mass is 666 g/mol. The van der Waals surface area contributed by atoms with Gasteiger partial charge in [0.2, 0.25) is 0 Å². The molecular formula is C50H38N2. The first kappa shape index (κ1) is 32.4. The van der Waals surface area contributed by atoms with E-state index in [1.54, 1.807) is 0 Å². The Balaban J connectivity index is 1.36. The van der Waals surface area contributed by atoms with E-state index in [1.165, 1.54) is 50.4 Å². The number of hydrogen-bond acceptors (Lipinski definition) is 1. The topological polar surface area (TPSA) is 28.8 Å². The third-order valence-corrected chi connectivity index (χ3v) is 9.89. The van der Waals surface area contributed by atoms with Crippen molar-refractivity contribution in [3.05, 3.63) is 205 Å². The second-order valence-electron chi connectivity index (χ2n) is 13.0. The van der Waals surface area contributed by atoms with Crippen LogP contribution in [0.4, 0.5) is 0 Å². The normalized spacial score (nSPS) is 10.9. The van der Waals surface area contributed by atoms with Gasteiger partial charge in [-0.3, -0.25) is 0 Å². The molecule has 1 aromatic heterocycles. The standard InChI is InChI=1S/C50H38N2/c1-3-48-47(34-51)46-33-41(28-31-49(46)52(48)42-29-26-37(27-30-42)36-16-7-4-8-17-36)40-22-15-25-43(38-18-9-5-10-19-38)44-23-13-14-24-45(44)50(35(2)32-40)39-20-11-6-12-21-39/h3-34,51H,1H2,2H3. The van der Waals surface area contributed by atoms with Crippen molar-refractivity contribution in [3.8, 4) is 50.2 Å². The van der Waals surface area contributed by atoms with Gasteiger partial charge >= 0.3 is 0 Å². The number of nitrogens with zero attached hydrogens (tertiary/aromatic N) is 1. The highest BCUT2D eigenvalue weighted by atomic mass is 15.0. The molecule has 8 aromatic rings. The van der Waals surface area contributed by atoms with E-state index >= 15 is 0 Å². The van der Waals surface area contributed by atoms with Gasteiger partial charge < -0.3 is 9.98 Å². The Bertz CT molecular complexity index is 2630. The summed E-state index contributed by atoms with van der Waals surface area (Å²) >= 11 is 0. The molecular weight excluding hydrogens is 629 g/mol. The Morgan fingerprint density at radius 3 is 1.67 bits per heavy atom. The highest BCUT2D eigenvalue weighted by molar-refractivity contribution is 6.06. The summed E-state index contributed by atoms with van der Waals surface area (Å²) in [4.78, 5) is 0. The molecule has 0 saturated heterocycles. The first-order valence-corrected chi connectivity index (χ1v) is 17.6. The average Bonchev–Trinajstić information content (AvgIpc) is 3.53. The van der Waals surface area contributed by atoms with Gasteiger partial charge in [-0.25, -0.2) is 0 Å². The average molecular weight is 667 g/mol. The molecule has 0 unspecified atom stereocenters. The van der Waals surface area contributed by atoms with Crippen LogP contribution in [-0.2, 0) is 0 Å². The third kappa shape index (κ3) is 6.01. The Morgan fingerprint density at radius 2 is 1.02 bits per heavy atom. The summed E-state index contributed by atoms with van der Waals surface area (Å²) in [5.74, 6) is 0. The smallest absolute Gasteiger partial charge is 0.0550 e. The van der Waals surface area contributed by atoms with E-state index in [-0.39, 0.29) is 0 Å². The lowest BCUT2D eigenvalue weighted by Crippen LogP contribution is -1.97. The molecule has 0 amide bonds. The van der Waals surface area contributed by atoms with Gasteiger partial charge in [0.25, 0.3) is 0 Å². The summed E-state index contributed by atoms with van der Waals surface area (Å²) in [5, 5.41) is 11.9. The summed E-state index contributed by atoms with van der Waals surface area (Å²) < 4.78 is 2.21. The predicted molar refractivity (Wildman–Crippen MR) is 223 cm³/mol. The molecule has 0 aliphatic carbocycles. The molecule has 0 atom stereocenters. The summed E-state index contributed by atoms with van der Waals surface area (Å²) in [6.45, 7) is 6.39. The van der Waals surface area contributed by atoms with E-state index in [0.717, 1.165) is 44.5 Å². The fraction of sp³-hybridized carbons (Fsp3) is 0.0200. The number of fused-ring (bicyclic) bond motifs is 2. The van der Waals surface area contributed by atoms with E-state index < -0.39 is 0 Å². The molecule has 248 valence electrons. The van der Waals surface area contributed by atoms with E-state index in [9.17, 15) is 0 Å². The number of nitrogens with one attached hydrogen (secondary N) is 1. The lowest BCUT2D eigenvalue weighted by molar-refractivity contribution is 1.11. The Labute approximate surface area is 305 Å². The molecule has 2 heteroatoms. The van der Waals surface area contributed by atoms with Crippen LogP contribution in [0, 0.1) is 12.3 Å². The highest BCUT2D eigenvalue weighted by Crippen LogP contribution is 2.37. The molecule has 0 saturated carbocycles. The Kier molecular flexibility index (Phi) is 8.87. The number of rotatable bonds is 7. The maximum Gasteiger partial charge on any atom is 0.0550 e. The molecule has 0 aliphatic heterocycles. The van der Waals surface area contributed by atoms with Crippen LogP contribution in [0.2, 0.25) is 0 Å². The highest BCUT2D eigenvalue weighted by Gasteiger charge is 2.17. The zero-order valence-electron chi connectivity index (χ0n) is 29.1. The number of aryl methyl sites for hydroxylation is 1. The molecule has 0 fully saturated rings. The maximum absolute atomic E-state index is 8.52. The summed E-state index contributed by atoms with van der Waals surface area (Å²) in [5.41, 5.74) is 14.2. The van der Waals surface area contributed by atoms with Crippen molar-refractivity contribution in [1.82, 2.24) is 4.57 Å². The van der Waals surface area contributed by atoms with Gasteiger partial charge in [0, 0.05) is 22.9 Å². The zero-order chi connectivity index (χ0) is 35.4. The first-order chi connectivity index (χ1) is 25.6. The van der Waals surface area contributed by atoms with Gasteiger partial charge in [-0.2, -0.15) is 0 Å². The fourth-order valence-corrected chi connectivity index (χ4v) is 7.46. The van der Waals surface area contributed by atoms with E-state index in [2.05, 4.69) is 194 Å². The molecule has 0 radical (unpaired) electrons. The van der Waals surface area contributed by atoms with Crippen LogP contribution < -0.4 is 0 Å². The minimum Gasteiger partial charge on any atom is -0.309 e. The zero-order valence-corrected chi connectivity index (χ0v) is 29.1.